The first kappa shape index (κ1) is 72.7. The van der Waals surface area contributed by atoms with Crippen molar-refractivity contribution in [1.82, 2.24) is 20.9 Å². The lowest BCUT2D eigenvalue weighted by molar-refractivity contribution is -0.187. The molecule has 3 aliphatic heterocycles. The third-order valence-corrected chi connectivity index (χ3v) is 17.5. The lowest BCUT2D eigenvalue weighted by atomic mass is 9.78. The molecule has 10 atom stereocenters. The molecule has 492 valence electrons. The first-order chi connectivity index (χ1) is 41.8. The van der Waals surface area contributed by atoms with Crippen LogP contribution in [0.25, 0.3) is 0 Å². The second-order valence-corrected chi connectivity index (χ2v) is 25.2. The number of rotatable bonds is 25. The fraction of sp³-hybridized carbons (Fsp3) is 0.615. The Morgan fingerprint density at radius 1 is 0.978 bits per heavy atom. The van der Waals surface area contributed by atoms with Gasteiger partial charge >= 0.3 is 23.9 Å². The monoisotopic (exact) mass is 1260 g/mol. The minimum atomic E-state index is -1.68. The minimum Gasteiger partial charge on any atom is -0.495 e. The molecule has 0 radical (unpaired) electrons. The molecule has 0 aliphatic carbocycles. The van der Waals surface area contributed by atoms with E-state index in [1.165, 1.54) is 52.3 Å². The smallest absolute Gasteiger partial charge is 0.328 e. The maximum Gasteiger partial charge on any atom is 0.328 e. The van der Waals surface area contributed by atoms with Gasteiger partial charge in [-0.25, -0.2) is 9.59 Å². The number of epoxide rings is 1. The van der Waals surface area contributed by atoms with E-state index in [-0.39, 0.29) is 66.8 Å². The molecule has 24 heteroatoms. The molecule has 5 rings (SSSR count). The Morgan fingerprint density at radius 2 is 1.66 bits per heavy atom. The van der Waals surface area contributed by atoms with Crippen molar-refractivity contribution in [2.75, 3.05) is 45.1 Å². The molecule has 0 saturated carbocycles. The quantitative estimate of drug-likeness (QED) is 0.0244. The van der Waals surface area contributed by atoms with E-state index in [1.54, 1.807) is 64.1 Å². The van der Waals surface area contributed by atoms with E-state index in [4.69, 9.17) is 45.8 Å². The summed E-state index contributed by atoms with van der Waals surface area (Å²) in [5.41, 5.74) is 3.42. The number of methoxy groups -OCH3 is 2. The number of anilines is 2. The highest BCUT2D eigenvalue weighted by atomic mass is 35.5. The number of unbranched alkanes of at least 4 members (excludes halogenated alkanes) is 1. The van der Waals surface area contributed by atoms with Crippen LogP contribution in [0.5, 0.6) is 5.75 Å². The Kier molecular flexibility index (Phi) is 26.2. The number of carbonyl (C=O) groups excluding carboxylic acids is 9. The van der Waals surface area contributed by atoms with Crippen LogP contribution < -0.4 is 36.6 Å². The van der Waals surface area contributed by atoms with Gasteiger partial charge in [0.1, 0.15) is 64.0 Å². The fourth-order valence-corrected chi connectivity index (χ4v) is 11.6. The van der Waals surface area contributed by atoms with Crippen molar-refractivity contribution in [2.24, 2.45) is 23.5 Å². The Morgan fingerprint density at radius 3 is 2.30 bits per heavy atom. The molecule has 23 nitrogen and oxygen atoms in total. The number of allylic oxidation sites excluding steroid dienone is 3. The maximum atomic E-state index is 14.6. The number of hydrogen-bond donors (Lipinski definition) is 6. The number of hydrogen-bond acceptors (Lipinski definition) is 16. The molecule has 2 aromatic carbocycles. The topological polar surface area (TPSA) is 313 Å². The highest BCUT2D eigenvalue weighted by Crippen LogP contribution is 2.50. The number of likely N-dealkylation sites (N-methyl/N-ethyl adjacent to an activating group) is 1. The second kappa shape index (κ2) is 32.1. The Balaban J connectivity index is 1.36. The Hall–Kier alpha value is -7.08. The molecule has 2 saturated heterocycles. The van der Waals surface area contributed by atoms with E-state index in [2.05, 4.69) is 21.3 Å². The summed E-state index contributed by atoms with van der Waals surface area (Å²) in [5.74, 6) is -5.82. The summed E-state index contributed by atoms with van der Waals surface area (Å²) in [7, 11) is 5.78. The molecule has 0 aromatic heterocycles. The van der Waals surface area contributed by atoms with Crippen molar-refractivity contribution in [2.45, 2.75) is 206 Å². The lowest BCUT2D eigenvalue weighted by Crippen LogP contribution is -2.54. The summed E-state index contributed by atoms with van der Waals surface area (Å²) in [6, 6.07) is 5.09. The number of primary amides is 1. The highest BCUT2D eigenvalue weighted by molar-refractivity contribution is 6.35. The number of benzene rings is 2. The number of nitrogens with zero attached hydrogens (tertiary/aromatic N) is 2. The van der Waals surface area contributed by atoms with Crippen LogP contribution in [0.1, 0.15) is 156 Å². The van der Waals surface area contributed by atoms with Crippen LogP contribution in [0.3, 0.4) is 0 Å². The van der Waals surface area contributed by atoms with Gasteiger partial charge in [-0.1, -0.05) is 82.2 Å². The predicted molar refractivity (Wildman–Crippen MR) is 335 cm³/mol. The van der Waals surface area contributed by atoms with Gasteiger partial charge in [0.05, 0.1) is 48.9 Å². The molecule has 0 unspecified atom stereocenters. The Bertz CT molecular complexity index is 2950. The van der Waals surface area contributed by atoms with Gasteiger partial charge in [0.25, 0.3) is 5.91 Å². The van der Waals surface area contributed by atoms with E-state index in [9.17, 15) is 48.3 Å². The van der Waals surface area contributed by atoms with Crippen molar-refractivity contribution >= 4 is 76.5 Å². The van der Waals surface area contributed by atoms with Crippen molar-refractivity contribution in [3.8, 4) is 5.75 Å². The number of para-hydroxylation sites is 1. The van der Waals surface area contributed by atoms with E-state index in [0.29, 0.717) is 50.0 Å². The molecule has 3 heterocycles. The van der Waals surface area contributed by atoms with Crippen molar-refractivity contribution < 1.29 is 76.7 Å². The lowest BCUT2D eigenvalue weighted by Gasteiger charge is -2.41. The summed E-state index contributed by atoms with van der Waals surface area (Å²) in [5, 5.41) is 23.0. The molecule has 3 aliphatic rings. The number of ether oxygens (including phenoxy) is 6. The number of aliphatic hydroxyl groups is 1. The van der Waals surface area contributed by atoms with Crippen LogP contribution in [0.4, 0.5) is 16.2 Å². The zero-order valence-electron chi connectivity index (χ0n) is 54.1. The van der Waals surface area contributed by atoms with Crippen LogP contribution in [-0.4, -0.2) is 158 Å². The number of nitrogens with one attached hydrogen (secondary N) is 4. The fourth-order valence-electron chi connectivity index (χ4n) is 11.3. The van der Waals surface area contributed by atoms with Crippen LogP contribution in [0.15, 0.2) is 60.2 Å². The molecule has 7 amide bonds. The van der Waals surface area contributed by atoms with Gasteiger partial charge in [-0.15, -0.1) is 0 Å². The molecule has 7 N–H and O–H groups in total. The molecular weight excluding hydrogens is 1170 g/mol. The summed E-state index contributed by atoms with van der Waals surface area (Å²) in [6.07, 6.45) is 4.05. The van der Waals surface area contributed by atoms with Crippen LogP contribution in [-0.2, 0) is 63.7 Å². The standard InChI is InChI=1S/C65H94ClN7O16/c1-15-42(16-2)61(81)89-63(8,9)29-20-19-28-51(74)71-55(37(3)4)58(78)70-45(26-22-30-68-62(67)82)57(77)69-44-25-18-17-24-43(44)59(79)72(11)40(7)60(80)87-50-34-52(75)73(12)46-32-41(33-47(84-13)54(46)66)31-38(5)23-21-27-49(85-14)65(83)35-48(86-53(76)36-65)39(6)56-64(50,10)88-56/h17-18,21,23-25,27,32-33,37,39-40,42,45,48-50,55-56,83H,15-16,19-20,22,26,28-31,34-36H2,1-14H3,(H,69,77)(H,70,78)(H,71,74)(H3,67,68,82)/b27-21+,38-23+/t39-,40+,45+,48+,49-,50+,55+,56+,64+,65-/m1/s1. The van der Waals surface area contributed by atoms with Crippen molar-refractivity contribution in [3.63, 3.8) is 0 Å². The number of urea groups is 1. The average molecular weight is 1260 g/mol. The zero-order valence-corrected chi connectivity index (χ0v) is 54.8. The van der Waals surface area contributed by atoms with Crippen LogP contribution in [0, 0.1) is 17.8 Å². The van der Waals surface area contributed by atoms with Gasteiger partial charge in [0.2, 0.25) is 23.6 Å². The largest absolute Gasteiger partial charge is 0.495 e. The third-order valence-electron chi connectivity index (χ3n) is 17.1. The Labute approximate surface area is 528 Å². The van der Waals surface area contributed by atoms with E-state index >= 15 is 0 Å². The number of fused-ring (bicyclic) bond motifs is 5. The van der Waals surface area contributed by atoms with Gasteiger partial charge in [-0.2, -0.15) is 0 Å². The zero-order chi connectivity index (χ0) is 66.3. The number of carbonyl (C=O) groups is 9. The summed E-state index contributed by atoms with van der Waals surface area (Å²) < 4.78 is 35.7. The molecular formula is C65H94ClN7O16. The number of amides is 7. The highest BCUT2D eigenvalue weighted by Gasteiger charge is 2.64. The van der Waals surface area contributed by atoms with Gasteiger partial charge in [-0.05, 0) is 122 Å². The normalized spacial score (nSPS) is 24.1. The van der Waals surface area contributed by atoms with E-state index in [1.807, 2.05) is 40.7 Å². The number of nitrogens with two attached hydrogens (primary N) is 1. The van der Waals surface area contributed by atoms with Gasteiger partial charge in [0.15, 0.2) is 0 Å². The molecule has 2 fully saturated rings. The number of halogens is 1. The molecule has 0 spiro atoms. The van der Waals surface area contributed by atoms with Crippen LogP contribution >= 0.6 is 11.6 Å². The molecule has 4 bridgehead atoms. The van der Waals surface area contributed by atoms with Crippen molar-refractivity contribution in [1.29, 1.82) is 0 Å². The average Bonchev–Trinajstić information content (AvgIpc) is 1.77. The second-order valence-electron chi connectivity index (χ2n) is 24.9. The van der Waals surface area contributed by atoms with E-state index in [0.717, 1.165) is 16.0 Å². The predicted octanol–water partition coefficient (Wildman–Crippen LogP) is 7.41. The van der Waals surface area contributed by atoms with Gasteiger partial charge in [0, 0.05) is 46.5 Å². The molecule has 2 aromatic rings. The van der Waals surface area contributed by atoms with E-state index < -0.39 is 125 Å². The summed E-state index contributed by atoms with van der Waals surface area (Å²) >= 11 is 6.88. The first-order valence-electron chi connectivity index (χ1n) is 30.7. The third kappa shape index (κ3) is 19.5. The van der Waals surface area contributed by atoms with Crippen molar-refractivity contribution in [3.05, 3.63) is 76.3 Å². The first-order valence-corrected chi connectivity index (χ1v) is 31.0. The maximum absolute atomic E-state index is 14.6. The van der Waals surface area contributed by atoms with Gasteiger partial charge < -0.3 is 70.3 Å². The number of esters is 3. The summed E-state index contributed by atoms with van der Waals surface area (Å²) in [4.78, 5) is 125. The summed E-state index contributed by atoms with van der Waals surface area (Å²) in [6.45, 7) is 17.8. The van der Waals surface area contributed by atoms with Gasteiger partial charge in [-0.3, -0.25) is 33.6 Å². The SMILES string of the molecule is CCC(CC)C(=O)OC(C)(C)CCCCC(=O)N[C@H](C(=O)N[C@@H](CCCNC(N)=O)C(=O)Nc1ccccc1C(=O)N(C)[C@@H](C)C(=O)O[C@H]1CC(=O)N(C)c2cc(cc(OC)c2Cl)C/C(C)=C/C=C/[C@@H](OC)[C@]2(O)CC(=O)O[C@@H](C2)[C@@H](C)[C@@H]2O[C@@]12C)C(C)C. The minimum absolute atomic E-state index is 0.0142. The molecule has 89 heavy (non-hydrogen) atoms. The van der Waals surface area contributed by atoms with Crippen LogP contribution in [0.2, 0.25) is 5.02 Å².